The Kier molecular flexibility index (Phi) is 6.23. The lowest BCUT2D eigenvalue weighted by Gasteiger charge is -2.42. The van der Waals surface area contributed by atoms with Gasteiger partial charge in [0, 0.05) is 24.7 Å². The van der Waals surface area contributed by atoms with Gasteiger partial charge in [0.15, 0.2) is 5.76 Å². The predicted octanol–water partition coefficient (Wildman–Crippen LogP) is 4.58. The summed E-state index contributed by atoms with van der Waals surface area (Å²) in [6, 6.07) is 7.85. The quantitative estimate of drug-likeness (QED) is 0.492. The van der Waals surface area contributed by atoms with Crippen molar-refractivity contribution in [2.24, 2.45) is 0 Å². The van der Waals surface area contributed by atoms with Crippen LogP contribution >= 0.6 is 0 Å². The van der Waals surface area contributed by atoms with Crippen molar-refractivity contribution >= 4 is 5.91 Å². The van der Waals surface area contributed by atoms with Gasteiger partial charge in [-0.2, -0.15) is 0 Å². The van der Waals surface area contributed by atoms with Gasteiger partial charge in [0.2, 0.25) is 0 Å². The zero-order chi connectivity index (χ0) is 23.8. The standard InChI is InChI=1S/C27H35N3O3/c1-17-10-22-23(27(4,5)9-8-26(22,2)3)12-18(17)11-21-6-7-24(33-21)25(32)30-20(15-31)13-19-14-28-16-29-19/h6-7,10,12,14,16,20,31H,8-9,11,13,15H2,1-5H3,(H,28,29)(H,30,32)/t20-/m1/s1. The van der Waals surface area contributed by atoms with E-state index in [1.807, 2.05) is 6.07 Å². The Labute approximate surface area is 195 Å². The lowest BCUT2D eigenvalue weighted by Crippen LogP contribution is -2.39. The lowest BCUT2D eigenvalue weighted by molar-refractivity contribution is 0.0886. The van der Waals surface area contributed by atoms with Crippen molar-refractivity contribution in [1.82, 2.24) is 15.3 Å². The molecule has 0 aliphatic heterocycles. The molecule has 6 heteroatoms. The Balaban J connectivity index is 1.50. The average Bonchev–Trinajstić information content (AvgIpc) is 3.44. The second-order valence-corrected chi connectivity index (χ2v) is 10.7. The summed E-state index contributed by atoms with van der Waals surface area (Å²) in [4.78, 5) is 19.6. The van der Waals surface area contributed by atoms with Gasteiger partial charge in [-0.15, -0.1) is 0 Å². The highest BCUT2D eigenvalue weighted by Crippen LogP contribution is 2.46. The largest absolute Gasteiger partial charge is 0.456 e. The third-order valence-electron chi connectivity index (χ3n) is 7.14. The zero-order valence-electron chi connectivity index (χ0n) is 20.3. The maximum absolute atomic E-state index is 12.7. The molecule has 2 aromatic heterocycles. The molecule has 33 heavy (non-hydrogen) atoms. The van der Waals surface area contributed by atoms with Crippen molar-refractivity contribution in [1.29, 1.82) is 0 Å². The molecular formula is C27H35N3O3. The summed E-state index contributed by atoms with van der Waals surface area (Å²) in [5.41, 5.74) is 6.54. The van der Waals surface area contributed by atoms with Crippen LogP contribution in [0.3, 0.4) is 0 Å². The van der Waals surface area contributed by atoms with Crippen LogP contribution in [0.4, 0.5) is 0 Å². The molecule has 0 radical (unpaired) electrons. The molecule has 0 bridgehead atoms. The van der Waals surface area contributed by atoms with Crippen LogP contribution in [-0.4, -0.2) is 33.6 Å². The van der Waals surface area contributed by atoms with E-state index in [0.29, 0.717) is 12.8 Å². The number of H-pyrrole nitrogens is 1. The van der Waals surface area contributed by atoms with Crippen LogP contribution in [0.2, 0.25) is 0 Å². The van der Waals surface area contributed by atoms with Crippen LogP contribution in [0.5, 0.6) is 0 Å². The molecule has 0 unspecified atom stereocenters. The second kappa shape index (κ2) is 8.82. The topological polar surface area (TPSA) is 91.1 Å². The number of aliphatic hydroxyl groups excluding tert-OH is 1. The molecule has 3 N–H and O–H groups in total. The number of carbonyl (C=O) groups is 1. The van der Waals surface area contributed by atoms with Crippen molar-refractivity contribution in [3.63, 3.8) is 0 Å². The summed E-state index contributed by atoms with van der Waals surface area (Å²) in [5, 5.41) is 12.5. The predicted molar refractivity (Wildman–Crippen MR) is 129 cm³/mol. The van der Waals surface area contributed by atoms with E-state index in [-0.39, 0.29) is 29.1 Å². The number of aryl methyl sites for hydroxylation is 1. The monoisotopic (exact) mass is 449 g/mol. The van der Waals surface area contributed by atoms with Crippen molar-refractivity contribution in [3.8, 4) is 0 Å². The number of amides is 1. The van der Waals surface area contributed by atoms with E-state index in [1.165, 1.54) is 35.1 Å². The van der Waals surface area contributed by atoms with Gasteiger partial charge in [-0.3, -0.25) is 4.79 Å². The second-order valence-electron chi connectivity index (χ2n) is 10.7. The van der Waals surface area contributed by atoms with Crippen LogP contribution in [0.15, 0.2) is 41.2 Å². The number of fused-ring (bicyclic) bond motifs is 1. The van der Waals surface area contributed by atoms with Crippen molar-refractivity contribution < 1.29 is 14.3 Å². The van der Waals surface area contributed by atoms with Crippen LogP contribution < -0.4 is 5.32 Å². The minimum Gasteiger partial charge on any atom is -0.456 e. The molecule has 0 spiro atoms. The Morgan fingerprint density at radius 1 is 1.18 bits per heavy atom. The third-order valence-corrected chi connectivity index (χ3v) is 7.14. The number of aromatic amines is 1. The first-order valence-corrected chi connectivity index (χ1v) is 11.7. The summed E-state index contributed by atoms with van der Waals surface area (Å²) in [6.45, 7) is 11.3. The number of hydrogen-bond donors (Lipinski definition) is 3. The Morgan fingerprint density at radius 3 is 2.52 bits per heavy atom. The van der Waals surface area contributed by atoms with Crippen molar-refractivity contribution in [2.45, 2.75) is 77.2 Å². The number of rotatable bonds is 7. The zero-order valence-corrected chi connectivity index (χ0v) is 20.3. The Bertz CT molecular complexity index is 1130. The Hall–Kier alpha value is -2.86. The van der Waals surface area contributed by atoms with E-state index in [2.05, 4.69) is 62.0 Å². The molecule has 1 aromatic carbocycles. The number of nitrogens with zero attached hydrogens (tertiary/aromatic N) is 1. The van der Waals surface area contributed by atoms with Gasteiger partial charge >= 0.3 is 0 Å². The number of imidazole rings is 1. The van der Waals surface area contributed by atoms with Crippen molar-refractivity contribution in [2.75, 3.05) is 6.61 Å². The fraction of sp³-hybridized carbons (Fsp3) is 0.481. The molecule has 0 saturated carbocycles. The molecule has 1 aliphatic rings. The fourth-order valence-electron chi connectivity index (χ4n) is 4.82. The van der Waals surface area contributed by atoms with Gasteiger partial charge in [-0.05, 0) is 65.0 Å². The number of aliphatic hydroxyl groups is 1. The molecule has 1 aliphatic carbocycles. The third kappa shape index (κ3) is 4.91. The van der Waals surface area contributed by atoms with Gasteiger partial charge in [0.25, 0.3) is 5.91 Å². The van der Waals surface area contributed by atoms with E-state index >= 15 is 0 Å². The smallest absolute Gasteiger partial charge is 0.287 e. The average molecular weight is 450 g/mol. The highest BCUT2D eigenvalue weighted by molar-refractivity contribution is 5.91. The summed E-state index contributed by atoms with van der Waals surface area (Å²) in [6.07, 6.45) is 6.73. The van der Waals surface area contributed by atoms with Gasteiger partial charge in [0.05, 0.1) is 19.0 Å². The number of furan rings is 1. The normalized spacial score (nSPS) is 17.4. The number of hydrogen-bond acceptors (Lipinski definition) is 4. The molecule has 3 aromatic rings. The van der Waals surface area contributed by atoms with Crippen molar-refractivity contribution in [3.05, 3.63) is 76.3 Å². The summed E-state index contributed by atoms with van der Waals surface area (Å²) >= 11 is 0. The molecule has 0 fully saturated rings. The van der Waals surface area contributed by atoms with Crippen LogP contribution in [-0.2, 0) is 23.7 Å². The van der Waals surface area contributed by atoms with Crippen LogP contribution in [0, 0.1) is 6.92 Å². The van der Waals surface area contributed by atoms with Crippen LogP contribution in [0.1, 0.15) is 84.8 Å². The van der Waals surface area contributed by atoms with E-state index < -0.39 is 6.04 Å². The molecule has 1 amide bonds. The maximum atomic E-state index is 12.7. The van der Waals surface area contributed by atoms with Gasteiger partial charge in [-0.25, -0.2) is 4.98 Å². The maximum Gasteiger partial charge on any atom is 0.287 e. The van der Waals surface area contributed by atoms with E-state index in [9.17, 15) is 9.90 Å². The molecule has 176 valence electrons. The highest BCUT2D eigenvalue weighted by atomic mass is 16.3. The SMILES string of the molecule is Cc1cc2c(cc1Cc1ccc(C(=O)N[C@@H](CO)Cc3cnc[nH]3)o1)C(C)(C)CCC2(C)C. The van der Waals surface area contributed by atoms with Gasteiger partial charge in [-0.1, -0.05) is 39.8 Å². The molecule has 1 atom stereocenters. The number of nitrogens with one attached hydrogen (secondary N) is 2. The molecular weight excluding hydrogens is 414 g/mol. The van der Waals surface area contributed by atoms with E-state index in [0.717, 1.165) is 11.5 Å². The number of aromatic nitrogens is 2. The van der Waals surface area contributed by atoms with Gasteiger partial charge < -0.3 is 19.8 Å². The summed E-state index contributed by atoms with van der Waals surface area (Å²) in [7, 11) is 0. The first-order chi connectivity index (χ1) is 15.6. The first kappa shape index (κ1) is 23.3. The first-order valence-electron chi connectivity index (χ1n) is 11.7. The molecule has 0 saturated heterocycles. The van der Waals surface area contributed by atoms with Gasteiger partial charge in [0.1, 0.15) is 5.76 Å². The fourth-order valence-corrected chi connectivity index (χ4v) is 4.82. The number of benzene rings is 1. The molecule has 4 rings (SSSR count). The van der Waals surface area contributed by atoms with E-state index in [1.54, 1.807) is 18.6 Å². The lowest BCUT2D eigenvalue weighted by atomic mass is 9.62. The summed E-state index contributed by atoms with van der Waals surface area (Å²) < 4.78 is 5.91. The molecule has 2 heterocycles. The van der Waals surface area contributed by atoms with E-state index in [4.69, 9.17) is 4.42 Å². The highest BCUT2D eigenvalue weighted by Gasteiger charge is 2.37. The van der Waals surface area contributed by atoms with Crippen LogP contribution in [0.25, 0.3) is 0 Å². The minimum atomic E-state index is -0.417. The summed E-state index contributed by atoms with van der Waals surface area (Å²) in [5.74, 6) is 0.681. The minimum absolute atomic E-state index is 0.148. The molecule has 6 nitrogen and oxygen atoms in total. The Morgan fingerprint density at radius 2 is 1.88 bits per heavy atom. The number of carbonyl (C=O) groups excluding carboxylic acids is 1.